The SMILES string of the molecule is CCCCCCCN(C)Cc1ccccc1N. The lowest BCUT2D eigenvalue weighted by atomic mass is 10.1. The van der Waals surface area contributed by atoms with Gasteiger partial charge in [-0.05, 0) is 31.6 Å². The van der Waals surface area contributed by atoms with Gasteiger partial charge in [-0.2, -0.15) is 0 Å². The lowest BCUT2D eigenvalue weighted by Crippen LogP contribution is -2.19. The molecule has 0 aromatic heterocycles. The van der Waals surface area contributed by atoms with Crippen molar-refractivity contribution in [3.8, 4) is 0 Å². The average molecular weight is 234 g/mol. The fourth-order valence-corrected chi connectivity index (χ4v) is 2.03. The maximum absolute atomic E-state index is 5.94. The molecule has 0 aliphatic rings. The Morgan fingerprint density at radius 2 is 1.76 bits per heavy atom. The number of benzene rings is 1. The van der Waals surface area contributed by atoms with E-state index in [1.54, 1.807) is 0 Å². The predicted molar refractivity (Wildman–Crippen MR) is 75.9 cm³/mol. The molecule has 0 saturated heterocycles. The van der Waals surface area contributed by atoms with Gasteiger partial charge in [-0.25, -0.2) is 0 Å². The molecule has 0 saturated carbocycles. The molecule has 2 N–H and O–H groups in total. The highest BCUT2D eigenvalue weighted by Gasteiger charge is 2.02. The zero-order valence-corrected chi connectivity index (χ0v) is 11.3. The number of hydrogen-bond acceptors (Lipinski definition) is 2. The Bertz CT molecular complexity index is 310. The van der Waals surface area contributed by atoms with Gasteiger partial charge in [0.1, 0.15) is 0 Å². The summed E-state index contributed by atoms with van der Waals surface area (Å²) in [6.45, 7) is 4.38. The number of unbranched alkanes of at least 4 members (excludes halogenated alkanes) is 4. The molecular weight excluding hydrogens is 208 g/mol. The van der Waals surface area contributed by atoms with E-state index in [-0.39, 0.29) is 0 Å². The molecule has 1 aromatic rings. The third kappa shape index (κ3) is 5.73. The Morgan fingerprint density at radius 1 is 1.06 bits per heavy atom. The first-order valence-corrected chi connectivity index (χ1v) is 6.76. The van der Waals surface area contributed by atoms with Gasteiger partial charge in [0, 0.05) is 12.2 Å². The van der Waals surface area contributed by atoms with E-state index in [0.29, 0.717) is 0 Å². The molecule has 2 nitrogen and oxygen atoms in total. The monoisotopic (exact) mass is 234 g/mol. The lowest BCUT2D eigenvalue weighted by molar-refractivity contribution is 0.317. The zero-order valence-electron chi connectivity index (χ0n) is 11.3. The van der Waals surface area contributed by atoms with Crippen molar-refractivity contribution in [1.29, 1.82) is 0 Å². The molecule has 2 heteroatoms. The molecule has 0 heterocycles. The van der Waals surface area contributed by atoms with E-state index in [4.69, 9.17) is 5.73 Å². The molecule has 0 bridgehead atoms. The standard InChI is InChI=1S/C15H26N2/c1-3-4-5-6-9-12-17(2)13-14-10-7-8-11-15(14)16/h7-8,10-11H,3-6,9,12-13,16H2,1-2H3. The summed E-state index contributed by atoms with van der Waals surface area (Å²) in [6, 6.07) is 8.14. The second-order valence-corrected chi connectivity index (χ2v) is 4.85. The minimum atomic E-state index is 0.908. The van der Waals surface area contributed by atoms with Crippen molar-refractivity contribution in [3.05, 3.63) is 29.8 Å². The average Bonchev–Trinajstić information content (AvgIpc) is 2.32. The summed E-state index contributed by atoms with van der Waals surface area (Å²) >= 11 is 0. The maximum Gasteiger partial charge on any atom is 0.0359 e. The zero-order chi connectivity index (χ0) is 12.5. The molecule has 0 fully saturated rings. The van der Waals surface area contributed by atoms with Crippen LogP contribution in [0.15, 0.2) is 24.3 Å². The fraction of sp³-hybridized carbons (Fsp3) is 0.600. The number of nitrogens with zero attached hydrogens (tertiary/aromatic N) is 1. The number of rotatable bonds is 8. The number of hydrogen-bond donors (Lipinski definition) is 1. The highest BCUT2D eigenvalue weighted by Crippen LogP contribution is 2.13. The van der Waals surface area contributed by atoms with E-state index in [1.165, 1.54) is 37.7 Å². The molecule has 17 heavy (non-hydrogen) atoms. The molecule has 0 atom stereocenters. The Morgan fingerprint density at radius 3 is 2.47 bits per heavy atom. The summed E-state index contributed by atoms with van der Waals surface area (Å²) in [5.74, 6) is 0. The smallest absolute Gasteiger partial charge is 0.0359 e. The van der Waals surface area contributed by atoms with Gasteiger partial charge in [0.25, 0.3) is 0 Å². The van der Waals surface area contributed by atoms with E-state index < -0.39 is 0 Å². The summed E-state index contributed by atoms with van der Waals surface area (Å²) in [7, 11) is 2.17. The van der Waals surface area contributed by atoms with Crippen molar-refractivity contribution in [1.82, 2.24) is 4.90 Å². The van der Waals surface area contributed by atoms with Crippen LogP contribution in [0.1, 0.15) is 44.6 Å². The molecule has 0 radical (unpaired) electrons. The highest BCUT2D eigenvalue weighted by molar-refractivity contribution is 5.46. The maximum atomic E-state index is 5.94. The molecule has 0 amide bonds. The van der Waals surface area contributed by atoms with Crippen LogP contribution in [-0.2, 0) is 6.54 Å². The summed E-state index contributed by atoms with van der Waals surface area (Å²) in [6.07, 6.45) is 6.70. The Kier molecular flexibility index (Phi) is 6.71. The third-order valence-electron chi connectivity index (χ3n) is 3.14. The minimum Gasteiger partial charge on any atom is -0.398 e. The molecule has 0 aliphatic heterocycles. The molecule has 1 aromatic carbocycles. The van der Waals surface area contributed by atoms with Crippen LogP contribution >= 0.6 is 0 Å². The Hall–Kier alpha value is -1.02. The number of nitrogens with two attached hydrogens (primary N) is 1. The van der Waals surface area contributed by atoms with Gasteiger partial charge in [-0.1, -0.05) is 50.8 Å². The largest absolute Gasteiger partial charge is 0.398 e. The van der Waals surface area contributed by atoms with Crippen molar-refractivity contribution in [2.75, 3.05) is 19.3 Å². The number of nitrogen functional groups attached to an aromatic ring is 1. The van der Waals surface area contributed by atoms with Crippen LogP contribution < -0.4 is 5.73 Å². The Labute approximate surface area is 106 Å². The van der Waals surface area contributed by atoms with Crippen molar-refractivity contribution in [2.24, 2.45) is 0 Å². The topological polar surface area (TPSA) is 29.3 Å². The van der Waals surface area contributed by atoms with Gasteiger partial charge < -0.3 is 10.6 Å². The van der Waals surface area contributed by atoms with E-state index in [1.807, 2.05) is 12.1 Å². The quantitative estimate of drug-likeness (QED) is 0.549. The van der Waals surface area contributed by atoms with E-state index in [2.05, 4.69) is 31.0 Å². The van der Waals surface area contributed by atoms with Gasteiger partial charge in [0.05, 0.1) is 0 Å². The number of anilines is 1. The van der Waals surface area contributed by atoms with Crippen LogP contribution in [-0.4, -0.2) is 18.5 Å². The van der Waals surface area contributed by atoms with Gasteiger partial charge in [0.2, 0.25) is 0 Å². The predicted octanol–water partition coefficient (Wildman–Crippen LogP) is 3.67. The van der Waals surface area contributed by atoms with Gasteiger partial charge >= 0.3 is 0 Å². The molecular formula is C15H26N2. The van der Waals surface area contributed by atoms with Crippen LogP contribution in [0.5, 0.6) is 0 Å². The van der Waals surface area contributed by atoms with E-state index in [9.17, 15) is 0 Å². The molecule has 0 unspecified atom stereocenters. The lowest BCUT2D eigenvalue weighted by Gasteiger charge is -2.17. The summed E-state index contributed by atoms with van der Waals surface area (Å²) in [5.41, 5.74) is 8.08. The van der Waals surface area contributed by atoms with Crippen molar-refractivity contribution in [2.45, 2.75) is 45.6 Å². The molecule has 96 valence electrons. The van der Waals surface area contributed by atoms with Crippen molar-refractivity contribution >= 4 is 5.69 Å². The highest BCUT2D eigenvalue weighted by atomic mass is 15.1. The van der Waals surface area contributed by atoms with Crippen LogP contribution in [0, 0.1) is 0 Å². The summed E-state index contributed by atoms with van der Waals surface area (Å²) in [5, 5.41) is 0. The first kappa shape index (κ1) is 14.0. The summed E-state index contributed by atoms with van der Waals surface area (Å²) in [4.78, 5) is 2.36. The minimum absolute atomic E-state index is 0.908. The normalized spacial score (nSPS) is 11.0. The molecule has 1 rings (SSSR count). The molecule has 0 spiro atoms. The van der Waals surface area contributed by atoms with Crippen LogP contribution in [0.2, 0.25) is 0 Å². The second kappa shape index (κ2) is 8.13. The van der Waals surface area contributed by atoms with Gasteiger partial charge in [0.15, 0.2) is 0 Å². The number of para-hydroxylation sites is 1. The van der Waals surface area contributed by atoms with Crippen LogP contribution in [0.4, 0.5) is 5.69 Å². The Balaban J connectivity index is 2.21. The van der Waals surface area contributed by atoms with Gasteiger partial charge in [-0.15, -0.1) is 0 Å². The first-order chi connectivity index (χ1) is 8.24. The van der Waals surface area contributed by atoms with E-state index in [0.717, 1.165) is 18.8 Å². The van der Waals surface area contributed by atoms with Crippen LogP contribution in [0.25, 0.3) is 0 Å². The van der Waals surface area contributed by atoms with Gasteiger partial charge in [-0.3, -0.25) is 0 Å². The van der Waals surface area contributed by atoms with Crippen molar-refractivity contribution in [3.63, 3.8) is 0 Å². The second-order valence-electron chi connectivity index (χ2n) is 4.85. The third-order valence-corrected chi connectivity index (χ3v) is 3.14. The van der Waals surface area contributed by atoms with E-state index >= 15 is 0 Å². The van der Waals surface area contributed by atoms with Crippen LogP contribution in [0.3, 0.4) is 0 Å². The molecule has 0 aliphatic carbocycles. The van der Waals surface area contributed by atoms with Crippen molar-refractivity contribution < 1.29 is 0 Å². The first-order valence-electron chi connectivity index (χ1n) is 6.76. The fourth-order valence-electron chi connectivity index (χ4n) is 2.03. The summed E-state index contributed by atoms with van der Waals surface area (Å²) < 4.78 is 0.